The van der Waals surface area contributed by atoms with E-state index in [1.165, 1.54) is 0 Å². The van der Waals surface area contributed by atoms with Gasteiger partial charge in [-0.15, -0.1) is 0 Å². The number of aromatic nitrogens is 3. The first-order valence-electron chi connectivity index (χ1n) is 11.7. The molecule has 4 aromatic rings. The second kappa shape index (κ2) is 9.58. The number of benzene rings is 2. The smallest absolute Gasteiger partial charge is 0.198 e. The molecule has 1 aliphatic heterocycles. The van der Waals surface area contributed by atoms with Crippen LogP contribution in [-0.2, 0) is 13.0 Å². The van der Waals surface area contributed by atoms with Crippen molar-refractivity contribution in [3.8, 4) is 5.88 Å². The fourth-order valence-electron chi connectivity index (χ4n) is 4.32. The van der Waals surface area contributed by atoms with Gasteiger partial charge in [-0.2, -0.15) is 5.10 Å². The number of amidine groups is 1. The summed E-state index contributed by atoms with van der Waals surface area (Å²) in [5, 5.41) is 15.4. The Morgan fingerprint density at radius 1 is 1.17 bits per heavy atom. The van der Waals surface area contributed by atoms with Crippen LogP contribution in [0.3, 0.4) is 0 Å². The van der Waals surface area contributed by atoms with Crippen LogP contribution < -0.4 is 0 Å². The Morgan fingerprint density at radius 3 is 2.78 bits per heavy atom. The molecule has 2 aromatic carbocycles. The number of nitrogens with zero attached hydrogens (tertiary/aromatic N) is 4. The summed E-state index contributed by atoms with van der Waals surface area (Å²) >= 11 is 0. The van der Waals surface area contributed by atoms with Crippen LogP contribution in [-0.4, -0.2) is 50.0 Å². The summed E-state index contributed by atoms with van der Waals surface area (Å²) in [7, 11) is 0. The molecule has 8 nitrogen and oxygen atoms in total. The molecule has 180 valence electrons. The van der Waals surface area contributed by atoms with Crippen LogP contribution in [0.2, 0.25) is 0 Å². The van der Waals surface area contributed by atoms with Crippen LogP contribution in [0, 0.1) is 6.92 Å². The number of aromatic hydroxyl groups is 1. The van der Waals surface area contributed by atoms with E-state index >= 15 is 0 Å². The van der Waals surface area contributed by atoms with E-state index < -0.39 is 0 Å². The molecule has 0 atom stereocenters. The Morgan fingerprint density at radius 2 is 2.00 bits per heavy atom. The summed E-state index contributed by atoms with van der Waals surface area (Å²) in [6.07, 6.45) is 5.44. The van der Waals surface area contributed by atoms with Gasteiger partial charge in [-0.25, -0.2) is 4.99 Å². The van der Waals surface area contributed by atoms with Gasteiger partial charge in [0.15, 0.2) is 17.4 Å². The highest BCUT2D eigenvalue weighted by Gasteiger charge is 2.17. The molecular formula is C28H25N5O3. The molecule has 0 fully saturated rings. The van der Waals surface area contributed by atoms with E-state index in [0.29, 0.717) is 52.2 Å². The standard InChI is InChI=1S/C28H25N5O3/c1-3-33-24(12-17(2)32-33)25(34)14-18-6-4-7-19(13-18)27(35)20-9-10-23-21(15-20)22(28(36)31-23)16-30-26-8-5-11-29-26/h4-10,12-13,15-16,31,36H,3,11,14H2,1-2H3. The number of H-pyrrole nitrogens is 1. The largest absolute Gasteiger partial charge is 0.494 e. The zero-order valence-corrected chi connectivity index (χ0v) is 20.0. The second-order valence-corrected chi connectivity index (χ2v) is 8.62. The molecule has 2 N–H and O–H groups in total. The molecule has 0 aliphatic carbocycles. The summed E-state index contributed by atoms with van der Waals surface area (Å²) in [6, 6.07) is 14.1. The number of ketones is 2. The minimum Gasteiger partial charge on any atom is -0.494 e. The predicted molar refractivity (Wildman–Crippen MR) is 140 cm³/mol. The molecule has 2 aromatic heterocycles. The van der Waals surface area contributed by atoms with E-state index in [4.69, 9.17) is 0 Å². The number of fused-ring (bicyclic) bond motifs is 1. The highest BCUT2D eigenvalue weighted by Crippen LogP contribution is 2.28. The predicted octanol–water partition coefficient (Wildman–Crippen LogP) is 4.44. The highest BCUT2D eigenvalue weighted by atomic mass is 16.3. The molecule has 0 unspecified atom stereocenters. The van der Waals surface area contributed by atoms with Crippen molar-refractivity contribution in [1.29, 1.82) is 0 Å². The fraction of sp³-hybridized carbons (Fsp3) is 0.179. The fourth-order valence-corrected chi connectivity index (χ4v) is 4.32. The number of aliphatic imine (C=N–C) groups is 2. The number of aromatic amines is 1. The summed E-state index contributed by atoms with van der Waals surface area (Å²) in [5.74, 6) is 0.340. The first kappa shape index (κ1) is 23.2. The Balaban J connectivity index is 1.41. The normalized spacial score (nSPS) is 13.1. The Hall–Kier alpha value is -4.59. The van der Waals surface area contributed by atoms with Gasteiger partial charge in [0.2, 0.25) is 0 Å². The van der Waals surface area contributed by atoms with Gasteiger partial charge in [0.1, 0.15) is 11.5 Å². The molecule has 0 bridgehead atoms. The minimum absolute atomic E-state index is 0.0250. The molecule has 0 saturated heterocycles. The van der Waals surface area contributed by atoms with E-state index in [1.807, 2.05) is 32.1 Å². The van der Waals surface area contributed by atoms with Crippen molar-refractivity contribution in [2.24, 2.45) is 9.98 Å². The Kier molecular flexibility index (Phi) is 6.16. The third-order valence-electron chi connectivity index (χ3n) is 6.07. The number of rotatable bonds is 7. The third kappa shape index (κ3) is 4.53. The van der Waals surface area contributed by atoms with Gasteiger partial charge in [-0.1, -0.05) is 24.3 Å². The SMILES string of the molecule is CCn1nc(C)cc1C(=O)Cc1cccc(C(=O)c2ccc3[nH]c(O)c(C=NC4=NCC=C4)c3c2)c1. The second-order valence-electron chi connectivity index (χ2n) is 8.62. The summed E-state index contributed by atoms with van der Waals surface area (Å²) in [6.45, 7) is 5.02. The lowest BCUT2D eigenvalue weighted by molar-refractivity contribution is 0.0980. The van der Waals surface area contributed by atoms with Gasteiger partial charge in [0.25, 0.3) is 0 Å². The quantitative estimate of drug-likeness (QED) is 0.301. The van der Waals surface area contributed by atoms with E-state index in [9.17, 15) is 14.7 Å². The summed E-state index contributed by atoms with van der Waals surface area (Å²) in [4.78, 5) is 37.7. The number of nitrogens with one attached hydrogen (secondary N) is 1. The Bertz CT molecular complexity index is 1590. The van der Waals surface area contributed by atoms with Gasteiger partial charge in [-0.3, -0.25) is 19.3 Å². The maximum atomic E-state index is 13.4. The molecule has 3 heterocycles. The minimum atomic E-state index is -0.174. The zero-order chi connectivity index (χ0) is 25.2. The van der Waals surface area contributed by atoms with Gasteiger partial charge >= 0.3 is 0 Å². The maximum absolute atomic E-state index is 13.4. The van der Waals surface area contributed by atoms with E-state index in [0.717, 1.165) is 11.3 Å². The van der Waals surface area contributed by atoms with Gasteiger partial charge in [-0.05, 0) is 55.8 Å². The van der Waals surface area contributed by atoms with Crippen molar-refractivity contribution in [2.45, 2.75) is 26.8 Å². The Labute approximate surface area is 207 Å². The van der Waals surface area contributed by atoms with Crippen LogP contribution in [0.4, 0.5) is 0 Å². The van der Waals surface area contributed by atoms with Gasteiger partial charge in [0, 0.05) is 41.2 Å². The molecule has 0 amide bonds. The maximum Gasteiger partial charge on any atom is 0.198 e. The lowest BCUT2D eigenvalue weighted by Gasteiger charge is -2.07. The highest BCUT2D eigenvalue weighted by molar-refractivity contribution is 6.13. The van der Waals surface area contributed by atoms with Crippen molar-refractivity contribution in [2.75, 3.05) is 6.54 Å². The number of hydrogen-bond donors (Lipinski definition) is 2. The molecule has 0 radical (unpaired) electrons. The lowest BCUT2D eigenvalue weighted by atomic mass is 9.97. The number of hydrogen-bond acceptors (Lipinski definition) is 6. The van der Waals surface area contributed by atoms with Crippen LogP contribution >= 0.6 is 0 Å². The molecule has 0 spiro atoms. The monoisotopic (exact) mass is 479 g/mol. The van der Waals surface area contributed by atoms with E-state index in [2.05, 4.69) is 20.1 Å². The average Bonchev–Trinajstić information content (AvgIpc) is 3.60. The summed E-state index contributed by atoms with van der Waals surface area (Å²) < 4.78 is 1.70. The average molecular weight is 480 g/mol. The molecule has 0 saturated carbocycles. The lowest BCUT2D eigenvalue weighted by Crippen LogP contribution is -2.12. The van der Waals surface area contributed by atoms with Crippen LogP contribution in [0.25, 0.3) is 10.9 Å². The number of Topliss-reactive ketones (excluding diaryl/α,β-unsaturated/α-hetero) is 1. The number of carbonyl (C=O) groups is 2. The van der Waals surface area contributed by atoms with Crippen molar-refractivity contribution in [3.63, 3.8) is 0 Å². The van der Waals surface area contributed by atoms with Gasteiger partial charge < -0.3 is 10.1 Å². The van der Waals surface area contributed by atoms with Crippen molar-refractivity contribution >= 4 is 34.5 Å². The molecule has 5 rings (SSSR count). The van der Waals surface area contributed by atoms with Crippen LogP contribution in [0.1, 0.15) is 50.2 Å². The number of carbonyl (C=O) groups excluding carboxylic acids is 2. The summed E-state index contributed by atoms with van der Waals surface area (Å²) in [5.41, 5.74) is 4.26. The van der Waals surface area contributed by atoms with Crippen molar-refractivity contribution in [1.82, 2.24) is 14.8 Å². The molecule has 8 heteroatoms. The molecular weight excluding hydrogens is 454 g/mol. The van der Waals surface area contributed by atoms with Crippen molar-refractivity contribution in [3.05, 3.63) is 94.3 Å². The first-order valence-corrected chi connectivity index (χ1v) is 11.7. The van der Waals surface area contributed by atoms with Crippen LogP contribution in [0.15, 0.2) is 70.7 Å². The zero-order valence-electron chi connectivity index (χ0n) is 20.0. The molecule has 1 aliphatic rings. The van der Waals surface area contributed by atoms with Gasteiger partial charge in [0.05, 0.1) is 17.8 Å². The van der Waals surface area contributed by atoms with Crippen molar-refractivity contribution < 1.29 is 14.7 Å². The molecule has 36 heavy (non-hydrogen) atoms. The first-order chi connectivity index (χ1) is 17.4. The number of aryl methyl sites for hydroxylation is 2. The third-order valence-corrected chi connectivity index (χ3v) is 6.07. The van der Waals surface area contributed by atoms with E-state index in [-0.39, 0.29) is 23.9 Å². The van der Waals surface area contributed by atoms with Crippen LogP contribution in [0.5, 0.6) is 5.88 Å². The van der Waals surface area contributed by atoms with E-state index in [1.54, 1.807) is 53.4 Å². The topological polar surface area (TPSA) is 113 Å².